The number of para-hydroxylation sites is 1. The highest BCUT2D eigenvalue weighted by Gasteiger charge is 2.15. The predicted octanol–water partition coefficient (Wildman–Crippen LogP) is 12.6. The monoisotopic (exact) mass is 614 g/mol. The second-order valence-electron chi connectivity index (χ2n) is 12.1. The van der Waals surface area contributed by atoms with Crippen molar-refractivity contribution in [3.63, 3.8) is 0 Å². The van der Waals surface area contributed by atoms with Gasteiger partial charge in [0, 0.05) is 45.7 Å². The fourth-order valence-electron chi connectivity index (χ4n) is 6.61. The molecule has 3 heteroatoms. The number of anilines is 3. The molecule has 0 unspecified atom stereocenters. The van der Waals surface area contributed by atoms with Gasteiger partial charge >= 0.3 is 0 Å². The number of rotatable bonds is 6. The van der Waals surface area contributed by atoms with Crippen molar-refractivity contribution in [1.29, 1.82) is 0 Å². The first-order valence-electron chi connectivity index (χ1n) is 16.2. The van der Waals surface area contributed by atoms with Crippen LogP contribution in [-0.2, 0) is 0 Å². The minimum atomic E-state index is 0.844. The molecule has 0 bridgehead atoms. The van der Waals surface area contributed by atoms with Gasteiger partial charge in [-0.15, -0.1) is 0 Å². The normalized spacial score (nSPS) is 11.3. The molecule has 0 aliphatic heterocycles. The summed E-state index contributed by atoms with van der Waals surface area (Å²) in [6, 6.07) is 62.1. The van der Waals surface area contributed by atoms with Crippen molar-refractivity contribution in [3.8, 4) is 33.5 Å². The van der Waals surface area contributed by atoms with E-state index in [9.17, 15) is 0 Å². The lowest BCUT2D eigenvalue weighted by Crippen LogP contribution is -2.09. The van der Waals surface area contributed by atoms with Crippen LogP contribution in [0.4, 0.5) is 17.1 Å². The van der Waals surface area contributed by atoms with Crippen LogP contribution >= 0.6 is 0 Å². The summed E-state index contributed by atoms with van der Waals surface area (Å²) >= 11 is 0. The number of hydrogen-bond acceptors (Lipinski definition) is 3. The summed E-state index contributed by atoms with van der Waals surface area (Å²) in [4.78, 5) is 7.12. The number of nitrogens with zero attached hydrogens (tertiary/aromatic N) is 2. The lowest BCUT2D eigenvalue weighted by atomic mass is 10.0. The Bertz CT molecular complexity index is 2530. The lowest BCUT2D eigenvalue weighted by Gasteiger charge is -2.26. The average molecular weight is 615 g/mol. The van der Waals surface area contributed by atoms with E-state index in [2.05, 4.69) is 157 Å². The molecular weight excluding hydrogens is 585 g/mol. The van der Waals surface area contributed by atoms with Crippen molar-refractivity contribution in [2.24, 2.45) is 0 Å². The SMILES string of the molecule is c1ccc(-c2ccc(N(c3ccc(-c4ccc5ccccc5c4)cc3)c3ccc(-c4cc5oc6ccccc6c5cn4)cc3)cc2)cc1. The Hall–Kier alpha value is -6.45. The fourth-order valence-corrected chi connectivity index (χ4v) is 6.61. The van der Waals surface area contributed by atoms with Gasteiger partial charge in [0.05, 0.1) is 5.69 Å². The van der Waals surface area contributed by atoms with E-state index in [1.54, 1.807) is 0 Å². The van der Waals surface area contributed by atoms with Gasteiger partial charge in [0.25, 0.3) is 0 Å². The third kappa shape index (κ3) is 5.08. The maximum Gasteiger partial charge on any atom is 0.139 e. The van der Waals surface area contributed by atoms with Crippen molar-refractivity contribution >= 4 is 49.8 Å². The largest absolute Gasteiger partial charge is 0.456 e. The first kappa shape index (κ1) is 27.8. The van der Waals surface area contributed by atoms with Crippen LogP contribution in [0.2, 0.25) is 0 Å². The first-order chi connectivity index (χ1) is 23.8. The average Bonchev–Trinajstić information content (AvgIpc) is 3.54. The van der Waals surface area contributed by atoms with Gasteiger partial charge in [-0.3, -0.25) is 4.98 Å². The van der Waals surface area contributed by atoms with Gasteiger partial charge in [-0.1, -0.05) is 121 Å². The summed E-state index contributed by atoms with van der Waals surface area (Å²) in [5.41, 5.74) is 11.7. The number of pyridine rings is 1. The quantitative estimate of drug-likeness (QED) is 0.187. The Balaban J connectivity index is 1.08. The van der Waals surface area contributed by atoms with Crippen LogP contribution in [0.3, 0.4) is 0 Å². The zero-order valence-corrected chi connectivity index (χ0v) is 26.1. The molecule has 9 aromatic rings. The maximum absolute atomic E-state index is 6.15. The molecule has 2 aromatic heterocycles. The van der Waals surface area contributed by atoms with Gasteiger partial charge in [0.1, 0.15) is 11.2 Å². The van der Waals surface area contributed by atoms with Crippen molar-refractivity contribution in [2.45, 2.75) is 0 Å². The number of furan rings is 1. The molecule has 3 nitrogen and oxygen atoms in total. The fraction of sp³-hybridized carbons (Fsp3) is 0. The molecule has 0 spiro atoms. The summed E-state index contributed by atoms with van der Waals surface area (Å²) in [6.07, 6.45) is 1.92. The third-order valence-corrected chi connectivity index (χ3v) is 9.13. The number of hydrogen-bond donors (Lipinski definition) is 0. The highest BCUT2D eigenvalue weighted by Crippen LogP contribution is 2.38. The Morgan fingerprint density at radius 1 is 0.375 bits per heavy atom. The Morgan fingerprint density at radius 2 is 0.917 bits per heavy atom. The first-order valence-corrected chi connectivity index (χ1v) is 16.2. The zero-order valence-electron chi connectivity index (χ0n) is 26.1. The summed E-state index contributed by atoms with van der Waals surface area (Å²) in [5.74, 6) is 0. The molecule has 48 heavy (non-hydrogen) atoms. The van der Waals surface area contributed by atoms with E-state index < -0.39 is 0 Å². The van der Waals surface area contributed by atoms with E-state index in [0.29, 0.717) is 0 Å². The standard InChI is InChI=1S/C45H30N2O/c1-2-8-31(9-3-1)33-16-22-38(23-17-33)47(39-24-18-34(19-25-39)37-15-14-32-10-4-5-11-36(32)28-37)40-26-20-35(21-27-40)43-29-45-42(30-46-43)41-12-6-7-13-44(41)48-45/h1-30H. The number of fused-ring (bicyclic) bond motifs is 4. The van der Waals surface area contributed by atoms with Gasteiger partial charge in [-0.2, -0.15) is 0 Å². The second kappa shape index (κ2) is 11.7. The third-order valence-electron chi connectivity index (χ3n) is 9.13. The summed E-state index contributed by atoms with van der Waals surface area (Å²) in [6.45, 7) is 0. The molecule has 0 aliphatic rings. The molecule has 2 heterocycles. The van der Waals surface area contributed by atoms with E-state index in [4.69, 9.17) is 9.40 Å². The molecular formula is C45H30N2O. The lowest BCUT2D eigenvalue weighted by molar-refractivity contribution is 0.668. The predicted molar refractivity (Wildman–Crippen MR) is 200 cm³/mol. The van der Waals surface area contributed by atoms with E-state index in [-0.39, 0.29) is 0 Å². The van der Waals surface area contributed by atoms with Crippen molar-refractivity contribution < 1.29 is 4.42 Å². The van der Waals surface area contributed by atoms with Crippen LogP contribution in [0.1, 0.15) is 0 Å². The molecule has 0 saturated heterocycles. The van der Waals surface area contributed by atoms with E-state index in [1.165, 1.54) is 33.0 Å². The van der Waals surface area contributed by atoms with Crippen LogP contribution in [-0.4, -0.2) is 4.98 Å². The van der Waals surface area contributed by atoms with Gasteiger partial charge in [0.2, 0.25) is 0 Å². The number of benzene rings is 7. The molecule has 0 fully saturated rings. The maximum atomic E-state index is 6.15. The molecule has 0 saturated carbocycles. The van der Waals surface area contributed by atoms with E-state index >= 15 is 0 Å². The highest BCUT2D eigenvalue weighted by molar-refractivity contribution is 6.05. The van der Waals surface area contributed by atoms with Crippen LogP contribution in [0, 0.1) is 0 Å². The van der Waals surface area contributed by atoms with E-state index in [0.717, 1.165) is 50.3 Å². The van der Waals surface area contributed by atoms with Crippen LogP contribution in [0.15, 0.2) is 187 Å². The molecule has 9 rings (SSSR count). The van der Waals surface area contributed by atoms with Crippen molar-refractivity contribution in [3.05, 3.63) is 182 Å². The summed E-state index contributed by atoms with van der Waals surface area (Å²) in [7, 11) is 0. The smallest absolute Gasteiger partial charge is 0.139 e. The van der Waals surface area contributed by atoms with Crippen LogP contribution in [0.5, 0.6) is 0 Å². The van der Waals surface area contributed by atoms with Crippen molar-refractivity contribution in [1.82, 2.24) is 4.98 Å². The van der Waals surface area contributed by atoms with Gasteiger partial charge in [0.15, 0.2) is 0 Å². The minimum absolute atomic E-state index is 0.844. The zero-order chi connectivity index (χ0) is 31.9. The van der Waals surface area contributed by atoms with Gasteiger partial charge < -0.3 is 9.32 Å². The van der Waals surface area contributed by atoms with Crippen molar-refractivity contribution in [2.75, 3.05) is 4.90 Å². The molecule has 0 amide bonds. The minimum Gasteiger partial charge on any atom is -0.456 e. The van der Waals surface area contributed by atoms with Gasteiger partial charge in [-0.05, 0) is 81.6 Å². The molecule has 7 aromatic carbocycles. The highest BCUT2D eigenvalue weighted by atomic mass is 16.3. The van der Waals surface area contributed by atoms with Gasteiger partial charge in [-0.25, -0.2) is 0 Å². The Morgan fingerprint density at radius 3 is 1.62 bits per heavy atom. The summed E-state index contributed by atoms with van der Waals surface area (Å²) < 4.78 is 6.15. The molecule has 0 atom stereocenters. The number of aromatic nitrogens is 1. The molecule has 0 aliphatic carbocycles. The Labute approximate surface area is 279 Å². The topological polar surface area (TPSA) is 29.3 Å². The molecule has 226 valence electrons. The summed E-state index contributed by atoms with van der Waals surface area (Å²) in [5, 5.41) is 4.61. The molecule has 0 radical (unpaired) electrons. The molecule has 0 N–H and O–H groups in total. The second-order valence-corrected chi connectivity index (χ2v) is 12.1. The van der Waals surface area contributed by atoms with Crippen LogP contribution in [0.25, 0.3) is 66.2 Å². The van der Waals surface area contributed by atoms with Crippen LogP contribution < -0.4 is 4.90 Å². The Kier molecular flexibility index (Phi) is 6.80. The van der Waals surface area contributed by atoms with E-state index in [1.807, 2.05) is 30.5 Å².